The van der Waals surface area contributed by atoms with E-state index in [0.717, 1.165) is 0 Å². The lowest BCUT2D eigenvalue weighted by molar-refractivity contribution is -0.136. The van der Waals surface area contributed by atoms with Gasteiger partial charge in [-0.2, -0.15) is 0 Å². The Hall–Kier alpha value is -1.04. The number of hydrogen-bond acceptors (Lipinski definition) is 2. The molecule has 0 aliphatic carbocycles. The lowest BCUT2D eigenvalue weighted by Gasteiger charge is -2.12. The molecule has 0 radical (unpaired) electrons. The molecule has 16 heavy (non-hydrogen) atoms. The Morgan fingerprint density at radius 3 is 2.69 bits per heavy atom. The van der Waals surface area contributed by atoms with E-state index >= 15 is 0 Å². The van der Waals surface area contributed by atoms with Crippen LogP contribution in [0.4, 0.5) is 8.78 Å². The van der Waals surface area contributed by atoms with Gasteiger partial charge in [0.15, 0.2) is 0 Å². The SMILES string of the molecule is Cc1c(CBr)cnc(CC(=O)O)c1C(F)F. The first-order valence-corrected chi connectivity index (χ1v) is 5.62. The Balaban J connectivity index is 3.28. The number of carbonyl (C=O) groups is 1. The molecule has 0 aromatic carbocycles. The van der Waals surface area contributed by atoms with E-state index < -0.39 is 18.8 Å². The van der Waals surface area contributed by atoms with Crippen molar-refractivity contribution in [2.75, 3.05) is 0 Å². The van der Waals surface area contributed by atoms with Crippen LogP contribution in [0.1, 0.15) is 28.8 Å². The van der Waals surface area contributed by atoms with Gasteiger partial charge in [0.05, 0.1) is 12.1 Å². The summed E-state index contributed by atoms with van der Waals surface area (Å²) in [5.74, 6) is -1.17. The molecule has 0 atom stereocenters. The molecule has 0 aliphatic rings. The normalized spacial score (nSPS) is 10.8. The molecule has 0 fully saturated rings. The molecule has 0 aliphatic heterocycles. The minimum Gasteiger partial charge on any atom is -0.481 e. The van der Waals surface area contributed by atoms with Gasteiger partial charge in [0.25, 0.3) is 6.43 Å². The molecule has 6 heteroatoms. The average molecular weight is 294 g/mol. The van der Waals surface area contributed by atoms with Crippen LogP contribution >= 0.6 is 15.9 Å². The largest absolute Gasteiger partial charge is 0.481 e. The highest BCUT2D eigenvalue weighted by atomic mass is 79.9. The van der Waals surface area contributed by atoms with Crippen molar-refractivity contribution in [2.45, 2.75) is 25.1 Å². The van der Waals surface area contributed by atoms with E-state index in [2.05, 4.69) is 20.9 Å². The summed E-state index contributed by atoms with van der Waals surface area (Å²) in [4.78, 5) is 14.3. The average Bonchev–Trinajstić information content (AvgIpc) is 2.16. The van der Waals surface area contributed by atoms with Crippen molar-refractivity contribution in [3.8, 4) is 0 Å². The minimum absolute atomic E-state index is 0.0651. The van der Waals surface area contributed by atoms with Crippen LogP contribution in [0.5, 0.6) is 0 Å². The summed E-state index contributed by atoms with van der Waals surface area (Å²) in [5.41, 5.74) is 0.714. The van der Waals surface area contributed by atoms with Crippen LogP contribution in [-0.4, -0.2) is 16.1 Å². The molecule has 0 bridgehead atoms. The molecule has 1 aromatic rings. The number of alkyl halides is 3. The van der Waals surface area contributed by atoms with Gasteiger partial charge < -0.3 is 5.11 Å². The number of nitrogens with zero attached hydrogens (tertiary/aromatic N) is 1. The van der Waals surface area contributed by atoms with Crippen LogP contribution < -0.4 is 0 Å². The number of hydrogen-bond donors (Lipinski definition) is 1. The second kappa shape index (κ2) is 5.34. The highest BCUT2D eigenvalue weighted by Gasteiger charge is 2.20. The van der Waals surface area contributed by atoms with Crippen molar-refractivity contribution < 1.29 is 18.7 Å². The Labute approximate surface area is 99.6 Å². The third-order valence-corrected chi connectivity index (χ3v) is 2.86. The van der Waals surface area contributed by atoms with E-state index in [-0.39, 0.29) is 11.3 Å². The second-order valence-corrected chi connectivity index (χ2v) is 3.83. The van der Waals surface area contributed by atoms with Crippen LogP contribution in [0, 0.1) is 6.92 Å². The fourth-order valence-corrected chi connectivity index (χ4v) is 1.99. The smallest absolute Gasteiger partial charge is 0.309 e. The predicted molar refractivity (Wildman–Crippen MR) is 57.9 cm³/mol. The fourth-order valence-electron chi connectivity index (χ4n) is 1.42. The maximum Gasteiger partial charge on any atom is 0.309 e. The Morgan fingerprint density at radius 1 is 1.62 bits per heavy atom. The quantitative estimate of drug-likeness (QED) is 0.869. The first-order valence-electron chi connectivity index (χ1n) is 4.50. The molecular weight excluding hydrogens is 284 g/mol. The third kappa shape index (κ3) is 2.75. The number of carboxylic acid groups (broad SMARTS) is 1. The number of aromatic nitrogens is 1. The fraction of sp³-hybridized carbons (Fsp3) is 0.400. The summed E-state index contributed by atoms with van der Waals surface area (Å²) in [5, 5.41) is 9.01. The van der Waals surface area contributed by atoms with Gasteiger partial charge >= 0.3 is 5.97 Å². The van der Waals surface area contributed by atoms with Gasteiger partial charge in [-0.1, -0.05) is 15.9 Å². The van der Waals surface area contributed by atoms with E-state index in [0.29, 0.717) is 16.5 Å². The Bertz CT molecular complexity index is 410. The number of pyridine rings is 1. The standard InChI is InChI=1S/C10H10BrF2NO2/c1-5-6(3-11)4-14-7(2-8(15)16)9(5)10(12)13/h4,10H,2-3H2,1H3,(H,15,16). The van der Waals surface area contributed by atoms with Crippen LogP contribution in [0.25, 0.3) is 0 Å². The molecule has 1 N–H and O–H groups in total. The molecule has 88 valence electrons. The summed E-state index contributed by atoms with van der Waals surface area (Å²) in [6.45, 7) is 1.55. The molecule has 0 unspecified atom stereocenters. The zero-order valence-electron chi connectivity index (χ0n) is 8.51. The molecular formula is C10H10BrF2NO2. The number of rotatable bonds is 4. The van der Waals surface area contributed by atoms with E-state index in [1.54, 1.807) is 6.92 Å². The molecule has 1 rings (SSSR count). The van der Waals surface area contributed by atoms with E-state index in [9.17, 15) is 13.6 Å². The number of halogens is 3. The molecule has 0 spiro atoms. The molecule has 3 nitrogen and oxygen atoms in total. The zero-order chi connectivity index (χ0) is 12.3. The summed E-state index contributed by atoms with van der Waals surface area (Å²) < 4.78 is 25.6. The van der Waals surface area contributed by atoms with Crippen molar-refractivity contribution >= 4 is 21.9 Å². The third-order valence-electron chi connectivity index (χ3n) is 2.25. The molecule has 1 aromatic heterocycles. The molecule has 1 heterocycles. The van der Waals surface area contributed by atoms with Gasteiger partial charge in [0.1, 0.15) is 0 Å². The van der Waals surface area contributed by atoms with E-state index in [4.69, 9.17) is 5.11 Å². The van der Waals surface area contributed by atoms with Gasteiger partial charge in [-0.15, -0.1) is 0 Å². The Kier molecular flexibility index (Phi) is 4.35. The Morgan fingerprint density at radius 2 is 2.25 bits per heavy atom. The molecule has 0 amide bonds. The maximum absolute atomic E-state index is 12.8. The summed E-state index contributed by atoms with van der Waals surface area (Å²) in [6, 6.07) is 0. The van der Waals surface area contributed by atoms with Crippen molar-refractivity contribution in [1.29, 1.82) is 0 Å². The van der Waals surface area contributed by atoms with Gasteiger partial charge in [-0.25, -0.2) is 8.78 Å². The highest BCUT2D eigenvalue weighted by molar-refractivity contribution is 9.08. The monoisotopic (exact) mass is 293 g/mol. The van der Waals surface area contributed by atoms with E-state index in [1.165, 1.54) is 6.20 Å². The number of aliphatic carboxylic acids is 1. The van der Waals surface area contributed by atoms with Crippen LogP contribution in [0.3, 0.4) is 0 Å². The lowest BCUT2D eigenvalue weighted by atomic mass is 10.0. The first-order chi connectivity index (χ1) is 7.47. The van der Waals surface area contributed by atoms with Crippen LogP contribution in [0.2, 0.25) is 0 Å². The second-order valence-electron chi connectivity index (χ2n) is 3.27. The molecule has 0 saturated carbocycles. The number of carboxylic acids is 1. The van der Waals surface area contributed by atoms with Crippen molar-refractivity contribution in [3.63, 3.8) is 0 Å². The van der Waals surface area contributed by atoms with E-state index in [1.807, 2.05) is 0 Å². The van der Waals surface area contributed by atoms with Crippen molar-refractivity contribution in [1.82, 2.24) is 4.98 Å². The first kappa shape index (κ1) is 13.0. The van der Waals surface area contributed by atoms with Gasteiger partial charge in [-0.05, 0) is 18.1 Å². The van der Waals surface area contributed by atoms with Crippen molar-refractivity contribution in [2.24, 2.45) is 0 Å². The van der Waals surface area contributed by atoms with Gasteiger partial charge in [0, 0.05) is 17.1 Å². The molecule has 0 saturated heterocycles. The lowest BCUT2D eigenvalue weighted by Crippen LogP contribution is -2.09. The van der Waals surface area contributed by atoms with Crippen molar-refractivity contribution in [3.05, 3.63) is 28.6 Å². The van der Waals surface area contributed by atoms with Crippen LogP contribution in [0.15, 0.2) is 6.20 Å². The topological polar surface area (TPSA) is 50.2 Å². The maximum atomic E-state index is 12.8. The van der Waals surface area contributed by atoms with Gasteiger partial charge in [-0.3, -0.25) is 9.78 Å². The minimum atomic E-state index is -2.71. The summed E-state index contributed by atoms with van der Waals surface area (Å²) >= 11 is 3.17. The van der Waals surface area contributed by atoms with Crippen LogP contribution in [-0.2, 0) is 16.5 Å². The summed E-state index contributed by atoms with van der Waals surface area (Å²) in [7, 11) is 0. The summed E-state index contributed by atoms with van der Waals surface area (Å²) in [6.07, 6.45) is -1.77. The zero-order valence-corrected chi connectivity index (χ0v) is 10.1. The highest BCUT2D eigenvalue weighted by Crippen LogP contribution is 2.28. The van der Waals surface area contributed by atoms with Gasteiger partial charge in [0.2, 0.25) is 0 Å². The predicted octanol–water partition coefficient (Wildman–Crippen LogP) is 2.85.